The molecule has 1 unspecified atom stereocenters. The number of nitrogens with zero attached hydrogens (tertiary/aromatic N) is 1. The van der Waals surface area contributed by atoms with Crippen LogP contribution in [0.15, 0.2) is 42.7 Å². The van der Waals surface area contributed by atoms with Gasteiger partial charge in [0.1, 0.15) is 5.75 Å². The molecule has 1 aromatic carbocycles. The van der Waals surface area contributed by atoms with Crippen LogP contribution < -0.4 is 10.1 Å². The van der Waals surface area contributed by atoms with E-state index in [1.807, 2.05) is 25.1 Å². The van der Waals surface area contributed by atoms with Gasteiger partial charge in [-0.05, 0) is 49.2 Å². The van der Waals surface area contributed by atoms with Crippen LogP contribution in [0.4, 0.5) is 0 Å². The van der Waals surface area contributed by atoms with Crippen molar-refractivity contribution in [2.24, 2.45) is 0 Å². The molecule has 0 aliphatic carbocycles. The van der Waals surface area contributed by atoms with Gasteiger partial charge < -0.3 is 10.1 Å². The largest absolute Gasteiger partial charge is 0.494 e. The van der Waals surface area contributed by atoms with Crippen LogP contribution >= 0.6 is 11.6 Å². The Morgan fingerprint density at radius 1 is 1.29 bits per heavy atom. The second kappa shape index (κ2) is 8.01. The highest BCUT2D eigenvalue weighted by molar-refractivity contribution is 6.31. The summed E-state index contributed by atoms with van der Waals surface area (Å²) in [6, 6.07) is 10.4. The topological polar surface area (TPSA) is 34.2 Å². The number of pyridine rings is 1. The zero-order chi connectivity index (χ0) is 15.1. The van der Waals surface area contributed by atoms with E-state index in [0.717, 1.165) is 24.3 Å². The van der Waals surface area contributed by atoms with Crippen molar-refractivity contribution in [3.63, 3.8) is 0 Å². The molecule has 4 heteroatoms. The third kappa shape index (κ3) is 4.45. The molecule has 0 spiro atoms. The van der Waals surface area contributed by atoms with Crippen LogP contribution in [-0.4, -0.2) is 18.1 Å². The van der Waals surface area contributed by atoms with E-state index >= 15 is 0 Å². The van der Waals surface area contributed by atoms with Crippen molar-refractivity contribution in [2.45, 2.75) is 26.3 Å². The van der Waals surface area contributed by atoms with Crippen LogP contribution in [0.3, 0.4) is 0 Å². The Morgan fingerprint density at radius 2 is 2.14 bits per heavy atom. The summed E-state index contributed by atoms with van der Waals surface area (Å²) in [5.41, 5.74) is 2.30. The van der Waals surface area contributed by atoms with E-state index in [4.69, 9.17) is 16.3 Å². The fraction of sp³-hybridized carbons (Fsp3) is 0.353. The van der Waals surface area contributed by atoms with Gasteiger partial charge >= 0.3 is 0 Å². The number of rotatable bonds is 7. The van der Waals surface area contributed by atoms with E-state index in [1.165, 1.54) is 5.56 Å². The normalized spacial score (nSPS) is 12.1. The van der Waals surface area contributed by atoms with Crippen LogP contribution in [-0.2, 0) is 6.42 Å². The van der Waals surface area contributed by atoms with Crippen molar-refractivity contribution in [2.75, 3.05) is 13.2 Å². The SMILES string of the molecule is CCNC(Cc1ccncc1Cl)c1cccc(OCC)c1. The van der Waals surface area contributed by atoms with Crippen molar-refractivity contribution in [3.8, 4) is 5.75 Å². The first-order valence-corrected chi connectivity index (χ1v) is 7.67. The first-order chi connectivity index (χ1) is 10.2. The van der Waals surface area contributed by atoms with E-state index < -0.39 is 0 Å². The standard InChI is InChI=1S/C17H21ClN2O/c1-3-20-17(11-13-8-9-19-12-16(13)18)14-6-5-7-15(10-14)21-4-2/h5-10,12,17,20H,3-4,11H2,1-2H3. The van der Waals surface area contributed by atoms with Crippen LogP contribution in [0.5, 0.6) is 5.75 Å². The fourth-order valence-electron chi connectivity index (χ4n) is 2.33. The second-order valence-electron chi connectivity index (χ2n) is 4.79. The Bertz CT molecular complexity index is 574. The number of nitrogens with one attached hydrogen (secondary N) is 1. The van der Waals surface area contributed by atoms with Gasteiger partial charge in [-0.3, -0.25) is 4.98 Å². The summed E-state index contributed by atoms with van der Waals surface area (Å²) in [6.07, 6.45) is 4.29. The molecule has 2 rings (SSSR count). The highest BCUT2D eigenvalue weighted by Gasteiger charge is 2.13. The first-order valence-electron chi connectivity index (χ1n) is 7.29. The van der Waals surface area contributed by atoms with Crippen molar-refractivity contribution in [3.05, 3.63) is 58.9 Å². The van der Waals surface area contributed by atoms with Gasteiger partial charge in [-0.2, -0.15) is 0 Å². The molecule has 1 aromatic heterocycles. The van der Waals surface area contributed by atoms with Gasteiger partial charge in [0.2, 0.25) is 0 Å². The number of aromatic nitrogens is 1. The molecule has 0 saturated carbocycles. The second-order valence-corrected chi connectivity index (χ2v) is 5.19. The van der Waals surface area contributed by atoms with Crippen molar-refractivity contribution >= 4 is 11.6 Å². The minimum absolute atomic E-state index is 0.204. The summed E-state index contributed by atoms with van der Waals surface area (Å²) in [6.45, 7) is 5.66. The molecule has 112 valence electrons. The van der Waals surface area contributed by atoms with Crippen molar-refractivity contribution in [1.29, 1.82) is 0 Å². The molecular formula is C17H21ClN2O. The summed E-state index contributed by atoms with van der Waals surface area (Å²) in [5, 5.41) is 4.22. The third-order valence-corrected chi connectivity index (χ3v) is 3.64. The lowest BCUT2D eigenvalue weighted by Crippen LogP contribution is -2.23. The zero-order valence-corrected chi connectivity index (χ0v) is 13.2. The van der Waals surface area contributed by atoms with Gasteiger partial charge in [-0.1, -0.05) is 30.7 Å². The fourth-order valence-corrected chi connectivity index (χ4v) is 2.53. The van der Waals surface area contributed by atoms with Gasteiger partial charge in [0, 0.05) is 18.4 Å². The predicted octanol–water partition coefficient (Wildman–Crippen LogP) is 4.03. The predicted molar refractivity (Wildman–Crippen MR) is 87.0 cm³/mol. The Hall–Kier alpha value is -1.58. The Labute approximate surface area is 131 Å². The third-order valence-electron chi connectivity index (χ3n) is 3.30. The number of likely N-dealkylation sites (N-methyl/N-ethyl adjacent to an activating group) is 1. The van der Waals surface area contributed by atoms with E-state index in [9.17, 15) is 0 Å². The number of hydrogen-bond donors (Lipinski definition) is 1. The van der Waals surface area contributed by atoms with Gasteiger partial charge in [-0.15, -0.1) is 0 Å². The maximum atomic E-state index is 6.22. The summed E-state index contributed by atoms with van der Waals surface area (Å²) in [4.78, 5) is 4.04. The number of ether oxygens (including phenoxy) is 1. The molecule has 0 saturated heterocycles. The molecule has 21 heavy (non-hydrogen) atoms. The van der Waals surface area contributed by atoms with Gasteiger partial charge in [0.15, 0.2) is 0 Å². The highest BCUT2D eigenvalue weighted by atomic mass is 35.5. The molecule has 0 amide bonds. The van der Waals surface area contributed by atoms with E-state index in [1.54, 1.807) is 12.4 Å². The molecular weight excluding hydrogens is 284 g/mol. The van der Waals surface area contributed by atoms with Gasteiger partial charge in [-0.25, -0.2) is 0 Å². The number of halogens is 1. The molecule has 0 aliphatic rings. The maximum Gasteiger partial charge on any atom is 0.119 e. The number of benzene rings is 1. The summed E-state index contributed by atoms with van der Waals surface area (Å²) in [5.74, 6) is 0.902. The summed E-state index contributed by atoms with van der Waals surface area (Å²) in [7, 11) is 0. The van der Waals surface area contributed by atoms with Crippen LogP contribution in [0.2, 0.25) is 5.02 Å². The Balaban J connectivity index is 2.22. The zero-order valence-electron chi connectivity index (χ0n) is 12.5. The van der Waals surface area contributed by atoms with Crippen LogP contribution in [0, 0.1) is 0 Å². The molecule has 1 atom stereocenters. The minimum Gasteiger partial charge on any atom is -0.494 e. The van der Waals surface area contributed by atoms with Crippen LogP contribution in [0.1, 0.15) is 31.0 Å². The molecule has 3 nitrogen and oxygen atoms in total. The average molecular weight is 305 g/mol. The summed E-state index contributed by atoms with van der Waals surface area (Å²) < 4.78 is 5.58. The molecule has 0 aliphatic heterocycles. The molecule has 1 heterocycles. The molecule has 1 N–H and O–H groups in total. The lowest BCUT2D eigenvalue weighted by atomic mass is 9.99. The van der Waals surface area contributed by atoms with Crippen molar-refractivity contribution < 1.29 is 4.74 Å². The summed E-state index contributed by atoms with van der Waals surface area (Å²) >= 11 is 6.22. The molecule has 0 radical (unpaired) electrons. The quantitative estimate of drug-likeness (QED) is 0.838. The Morgan fingerprint density at radius 3 is 2.86 bits per heavy atom. The maximum absolute atomic E-state index is 6.22. The molecule has 0 bridgehead atoms. The smallest absolute Gasteiger partial charge is 0.119 e. The van der Waals surface area contributed by atoms with Gasteiger partial charge in [0.05, 0.1) is 11.6 Å². The lowest BCUT2D eigenvalue weighted by molar-refractivity contribution is 0.339. The van der Waals surface area contributed by atoms with E-state index in [-0.39, 0.29) is 6.04 Å². The molecule has 0 fully saturated rings. The van der Waals surface area contributed by atoms with Gasteiger partial charge in [0.25, 0.3) is 0 Å². The van der Waals surface area contributed by atoms with Crippen LogP contribution in [0.25, 0.3) is 0 Å². The highest BCUT2D eigenvalue weighted by Crippen LogP contribution is 2.25. The monoisotopic (exact) mass is 304 g/mol. The lowest BCUT2D eigenvalue weighted by Gasteiger charge is -2.20. The Kier molecular flexibility index (Phi) is 6.03. The first kappa shape index (κ1) is 15.8. The van der Waals surface area contributed by atoms with Crippen molar-refractivity contribution in [1.82, 2.24) is 10.3 Å². The minimum atomic E-state index is 0.204. The molecule has 2 aromatic rings. The van der Waals surface area contributed by atoms with E-state index in [0.29, 0.717) is 11.6 Å². The average Bonchev–Trinajstić information content (AvgIpc) is 2.49. The van der Waals surface area contributed by atoms with E-state index in [2.05, 4.69) is 29.4 Å². The number of hydrogen-bond acceptors (Lipinski definition) is 3.